The molecule has 0 atom stereocenters. The summed E-state index contributed by atoms with van der Waals surface area (Å²) in [7, 11) is 0. The van der Waals surface area contributed by atoms with Crippen LogP contribution in [-0.4, -0.2) is 21.0 Å². The van der Waals surface area contributed by atoms with Gasteiger partial charge in [-0.1, -0.05) is 30.1 Å². The monoisotopic (exact) mass is 294 g/mol. The molecule has 2 rings (SSSR count). The minimum absolute atomic E-state index is 0.183. The molecular weight excluding hydrogens is 280 g/mol. The molecule has 0 saturated heterocycles. The van der Waals surface area contributed by atoms with Crippen molar-refractivity contribution in [3.05, 3.63) is 40.3 Å². The van der Waals surface area contributed by atoms with Crippen LogP contribution in [0.4, 0.5) is 0 Å². The molecule has 0 aliphatic heterocycles. The number of halogens is 1. The first-order valence-electron chi connectivity index (χ1n) is 6.32. The largest absolute Gasteiger partial charge is 0.343 e. The highest BCUT2D eigenvalue weighted by molar-refractivity contribution is 6.29. The molecule has 1 amide bonds. The van der Waals surface area contributed by atoms with Gasteiger partial charge in [0.1, 0.15) is 5.15 Å². The second kappa shape index (κ2) is 6.47. The lowest BCUT2D eigenvalue weighted by molar-refractivity contribution is 0.0946. The van der Waals surface area contributed by atoms with E-state index in [2.05, 4.69) is 20.4 Å². The van der Waals surface area contributed by atoms with E-state index in [1.54, 1.807) is 13.0 Å². The molecule has 106 valence electrons. The number of rotatable bonds is 5. The van der Waals surface area contributed by atoms with E-state index < -0.39 is 0 Å². The van der Waals surface area contributed by atoms with E-state index in [0.29, 0.717) is 22.4 Å². The van der Waals surface area contributed by atoms with Gasteiger partial charge in [0.05, 0.1) is 6.54 Å². The summed E-state index contributed by atoms with van der Waals surface area (Å²) in [6.45, 7) is 3.94. The molecule has 0 unspecified atom stereocenters. The Morgan fingerprint density at radius 3 is 2.85 bits per heavy atom. The summed E-state index contributed by atoms with van der Waals surface area (Å²) in [5.41, 5.74) is 1.28. The van der Waals surface area contributed by atoms with Crippen LogP contribution >= 0.6 is 11.6 Å². The molecule has 20 heavy (non-hydrogen) atoms. The first-order valence-corrected chi connectivity index (χ1v) is 6.70. The van der Waals surface area contributed by atoms with Gasteiger partial charge in [-0.25, -0.2) is 4.98 Å². The quantitative estimate of drug-likeness (QED) is 0.856. The molecule has 0 aromatic carbocycles. The lowest BCUT2D eigenvalue weighted by Crippen LogP contribution is -2.23. The maximum absolute atomic E-state index is 12.0. The highest BCUT2D eigenvalue weighted by atomic mass is 35.5. The zero-order chi connectivity index (χ0) is 14.5. The van der Waals surface area contributed by atoms with E-state index in [4.69, 9.17) is 16.1 Å². The molecule has 0 bridgehead atoms. The van der Waals surface area contributed by atoms with Crippen LogP contribution in [0, 0.1) is 6.92 Å². The van der Waals surface area contributed by atoms with Crippen LogP contribution in [0.1, 0.15) is 41.1 Å². The molecular formula is C13H15ClN4O2. The van der Waals surface area contributed by atoms with Gasteiger partial charge < -0.3 is 9.84 Å². The maximum Gasteiger partial charge on any atom is 0.251 e. The van der Waals surface area contributed by atoms with Crippen molar-refractivity contribution in [3.63, 3.8) is 0 Å². The number of hydrogen-bond donors (Lipinski definition) is 1. The van der Waals surface area contributed by atoms with Crippen molar-refractivity contribution in [3.8, 4) is 0 Å². The first kappa shape index (κ1) is 14.5. The topological polar surface area (TPSA) is 80.9 Å². The van der Waals surface area contributed by atoms with E-state index in [1.807, 2.05) is 6.92 Å². The number of nitrogens with zero attached hydrogens (tertiary/aromatic N) is 3. The molecule has 2 aromatic rings. The summed E-state index contributed by atoms with van der Waals surface area (Å²) in [5, 5.41) is 6.67. The van der Waals surface area contributed by atoms with Crippen molar-refractivity contribution < 1.29 is 9.32 Å². The fourth-order valence-corrected chi connectivity index (χ4v) is 1.96. The normalized spacial score (nSPS) is 10.6. The summed E-state index contributed by atoms with van der Waals surface area (Å²) in [5.74, 6) is 0.652. The third-order valence-electron chi connectivity index (χ3n) is 2.59. The van der Waals surface area contributed by atoms with Gasteiger partial charge in [-0.2, -0.15) is 4.98 Å². The molecule has 0 aliphatic rings. The van der Waals surface area contributed by atoms with Gasteiger partial charge in [0.25, 0.3) is 5.91 Å². The number of aromatic nitrogens is 3. The van der Waals surface area contributed by atoms with Crippen LogP contribution in [-0.2, 0) is 13.0 Å². The van der Waals surface area contributed by atoms with Crippen molar-refractivity contribution >= 4 is 17.5 Å². The highest BCUT2D eigenvalue weighted by Gasteiger charge is 2.11. The Hall–Kier alpha value is -1.95. The standard InChI is InChI=1S/C13H15ClN4O2/c1-3-4-10-5-9(6-11(14)17-10)13(19)15-7-12-16-8(2)18-20-12/h5-6H,3-4,7H2,1-2H3,(H,15,19). The van der Waals surface area contributed by atoms with E-state index in [9.17, 15) is 4.79 Å². The number of carbonyl (C=O) groups excluding carboxylic acids is 1. The fourth-order valence-electron chi connectivity index (χ4n) is 1.74. The summed E-state index contributed by atoms with van der Waals surface area (Å²) in [4.78, 5) is 20.2. The van der Waals surface area contributed by atoms with Crippen LogP contribution in [0.2, 0.25) is 5.15 Å². The second-order valence-corrected chi connectivity index (χ2v) is 4.73. The Morgan fingerprint density at radius 1 is 1.40 bits per heavy atom. The number of aryl methyl sites for hydroxylation is 2. The molecule has 0 fully saturated rings. The second-order valence-electron chi connectivity index (χ2n) is 4.34. The van der Waals surface area contributed by atoms with Crippen LogP contribution < -0.4 is 5.32 Å². The number of carbonyl (C=O) groups is 1. The van der Waals surface area contributed by atoms with Crippen molar-refractivity contribution in [1.29, 1.82) is 0 Å². The van der Waals surface area contributed by atoms with E-state index >= 15 is 0 Å². The Bertz CT molecular complexity index is 612. The molecule has 2 aromatic heterocycles. The predicted molar refractivity (Wildman–Crippen MR) is 73.4 cm³/mol. The van der Waals surface area contributed by atoms with Gasteiger partial charge in [-0.15, -0.1) is 0 Å². The Kier molecular flexibility index (Phi) is 4.68. The van der Waals surface area contributed by atoms with Gasteiger partial charge in [0.15, 0.2) is 5.82 Å². The number of amides is 1. The molecule has 1 N–H and O–H groups in total. The van der Waals surface area contributed by atoms with Crippen molar-refractivity contribution in [2.24, 2.45) is 0 Å². The van der Waals surface area contributed by atoms with Crippen molar-refractivity contribution in [1.82, 2.24) is 20.4 Å². The average molecular weight is 295 g/mol. The van der Waals surface area contributed by atoms with Gasteiger partial charge in [0, 0.05) is 11.3 Å². The van der Waals surface area contributed by atoms with Gasteiger partial charge in [-0.3, -0.25) is 4.79 Å². The van der Waals surface area contributed by atoms with Crippen LogP contribution in [0.15, 0.2) is 16.7 Å². The molecule has 2 heterocycles. The third kappa shape index (κ3) is 3.77. The van der Waals surface area contributed by atoms with Gasteiger partial charge >= 0.3 is 0 Å². The van der Waals surface area contributed by atoms with Gasteiger partial charge in [-0.05, 0) is 25.5 Å². The summed E-state index contributed by atoms with van der Waals surface area (Å²) < 4.78 is 4.92. The van der Waals surface area contributed by atoms with E-state index in [-0.39, 0.29) is 12.5 Å². The number of nitrogens with one attached hydrogen (secondary N) is 1. The lowest BCUT2D eigenvalue weighted by atomic mass is 10.1. The summed E-state index contributed by atoms with van der Waals surface area (Å²) in [6, 6.07) is 3.28. The number of hydrogen-bond acceptors (Lipinski definition) is 5. The maximum atomic E-state index is 12.0. The smallest absolute Gasteiger partial charge is 0.251 e. The summed E-state index contributed by atoms with van der Waals surface area (Å²) in [6.07, 6.45) is 1.72. The van der Waals surface area contributed by atoms with E-state index in [1.165, 1.54) is 6.07 Å². The number of pyridine rings is 1. The van der Waals surface area contributed by atoms with E-state index in [0.717, 1.165) is 18.5 Å². The Labute approximate surface area is 121 Å². The zero-order valence-electron chi connectivity index (χ0n) is 11.3. The van der Waals surface area contributed by atoms with Crippen molar-refractivity contribution in [2.45, 2.75) is 33.2 Å². The first-order chi connectivity index (χ1) is 9.58. The Balaban J connectivity index is 2.04. The third-order valence-corrected chi connectivity index (χ3v) is 2.78. The van der Waals surface area contributed by atoms with Crippen LogP contribution in [0.5, 0.6) is 0 Å². The minimum atomic E-state index is -0.248. The molecule has 0 aliphatic carbocycles. The molecule has 0 radical (unpaired) electrons. The predicted octanol–water partition coefficient (Wildman–Crippen LogP) is 2.31. The molecule has 7 heteroatoms. The summed E-state index contributed by atoms with van der Waals surface area (Å²) >= 11 is 5.92. The molecule has 0 saturated carbocycles. The SMILES string of the molecule is CCCc1cc(C(=O)NCc2nc(C)no2)cc(Cl)n1. The highest BCUT2D eigenvalue weighted by Crippen LogP contribution is 2.12. The molecule has 6 nitrogen and oxygen atoms in total. The fraction of sp³-hybridized carbons (Fsp3) is 0.385. The molecule has 0 spiro atoms. The van der Waals surface area contributed by atoms with Crippen molar-refractivity contribution in [2.75, 3.05) is 0 Å². The lowest BCUT2D eigenvalue weighted by Gasteiger charge is -2.05. The zero-order valence-corrected chi connectivity index (χ0v) is 12.1. The van der Waals surface area contributed by atoms with Crippen LogP contribution in [0.25, 0.3) is 0 Å². The van der Waals surface area contributed by atoms with Crippen LogP contribution in [0.3, 0.4) is 0 Å². The minimum Gasteiger partial charge on any atom is -0.343 e. The van der Waals surface area contributed by atoms with Gasteiger partial charge in [0.2, 0.25) is 5.89 Å². The Morgan fingerprint density at radius 2 is 2.20 bits per heavy atom. The average Bonchev–Trinajstić information content (AvgIpc) is 2.81.